The van der Waals surface area contributed by atoms with E-state index in [4.69, 9.17) is 5.73 Å². The molecule has 0 bridgehead atoms. The first-order valence-corrected chi connectivity index (χ1v) is 7.43. The topological polar surface area (TPSA) is 43.8 Å². The van der Waals surface area contributed by atoms with Gasteiger partial charge in [-0.3, -0.25) is 4.68 Å². The van der Waals surface area contributed by atoms with Gasteiger partial charge in [0.2, 0.25) is 0 Å². The van der Waals surface area contributed by atoms with E-state index in [-0.39, 0.29) is 11.9 Å². The first-order valence-electron chi connectivity index (χ1n) is 6.61. The molecule has 2 aromatic heterocycles. The van der Waals surface area contributed by atoms with Gasteiger partial charge >= 0.3 is 0 Å². The number of thiophene rings is 1. The highest BCUT2D eigenvalue weighted by Gasteiger charge is 2.12. The van der Waals surface area contributed by atoms with Crippen LogP contribution in [0.15, 0.2) is 36.7 Å². The zero-order valence-corrected chi connectivity index (χ0v) is 12.0. The summed E-state index contributed by atoms with van der Waals surface area (Å²) in [5.74, 6) is -0.205. The van der Waals surface area contributed by atoms with Gasteiger partial charge in [-0.25, -0.2) is 4.39 Å². The third-order valence-corrected chi connectivity index (χ3v) is 4.56. The van der Waals surface area contributed by atoms with Crippen molar-refractivity contribution in [1.29, 1.82) is 0 Å². The first kappa shape index (κ1) is 13.3. The van der Waals surface area contributed by atoms with E-state index in [1.165, 1.54) is 6.07 Å². The summed E-state index contributed by atoms with van der Waals surface area (Å²) in [7, 11) is 0. The molecule has 0 aliphatic rings. The van der Waals surface area contributed by atoms with Gasteiger partial charge in [0.05, 0.1) is 6.20 Å². The molecule has 1 aromatic carbocycles. The fraction of sp³-hybridized carbons (Fsp3) is 0.267. The summed E-state index contributed by atoms with van der Waals surface area (Å²) in [6.07, 6.45) is 4.62. The maximum Gasteiger partial charge on any atom is 0.124 e. The van der Waals surface area contributed by atoms with Crippen molar-refractivity contribution in [1.82, 2.24) is 9.78 Å². The van der Waals surface area contributed by atoms with Crippen LogP contribution in [0, 0.1) is 5.82 Å². The van der Waals surface area contributed by atoms with Crippen LogP contribution < -0.4 is 5.73 Å². The van der Waals surface area contributed by atoms with Gasteiger partial charge in [-0.15, -0.1) is 11.3 Å². The summed E-state index contributed by atoms with van der Waals surface area (Å²) < 4.78 is 16.0. The van der Waals surface area contributed by atoms with E-state index in [2.05, 4.69) is 12.0 Å². The molecule has 2 heterocycles. The number of halogens is 1. The van der Waals surface area contributed by atoms with Crippen LogP contribution in [0.2, 0.25) is 0 Å². The van der Waals surface area contributed by atoms with Gasteiger partial charge in [-0.1, -0.05) is 6.07 Å². The van der Waals surface area contributed by atoms with Crippen LogP contribution in [0.1, 0.15) is 23.4 Å². The summed E-state index contributed by atoms with van der Waals surface area (Å²) in [4.78, 5) is 1.08. The molecule has 0 saturated heterocycles. The molecule has 0 aliphatic heterocycles. The van der Waals surface area contributed by atoms with Crippen LogP contribution >= 0.6 is 11.3 Å². The Morgan fingerprint density at radius 2 is 2.25 bits per heavy atom. The Morgan fingerprint density at radius 1 is 1.40 bits per heavy atom. The molecular weight excluding hydrogens is 273 g/mol. The van der Waals surface area contributed by atoms with Gasteiger partial charge in [0.1, 0.15) is 5.82 Å². The molecule has 0 spiro atoms. The summed E-state index contributed by atoms with van der Waals surface area (Å²) in [5, 5.41) is 5.30. The Bertz CT molecular complexity index is 732. The third-order valence-electron chi connectivity index (χ3n) is 3.33. The van der Waals surface area contributed by atoms with Crippen molar-refractivity contribution in [2.75, 3.05) is 0 Å². The van der Waals surface area contributed by atoms with Crippen molar-refractivity contribution >= 4 is 21.4 Å². The molecule has 3 aromatic rings. The second kappa shape index (κ2) is 5.34. The fourth-order valence-corrected chi connectivity index (χ4v) is 3.34. The van der Waals surface area contributed by atoms with Crippen molar-refractivity contribution in [3.05, 3.63) is 52.9 Å². The van der Waals surface area contributed by atoms with E-state index in [9.17, 15) is 4.39 Å². The maximum absolute atomic E-state index is 13.2. The predicted molar refractivity (Wildman–Crippen MR) is 80.3 cm³/mol. The van der Waals surface area contributed by atoms with Crippen molar-refractivity contribution in [2.45, 2.75) is 25.9 Å². The largest absolute Gasteiger partial charge is 0.323 e. The van der Waals surface area contributed by atoms with Crippen LogP contribution in [0.5, 0.6) is 0 Å². The zero-order valence-electron chi connectivity index (χ0n) is 11.2. The van der Waals surface area contributed by atoms with Gasteiger partial charge in [-0.05, 0) is 42.5 Å². The molecule has 0 fully saturated rings. The number of rotatable bonds is 4. The van der Waals surface area contributed by atoms with E-state index < -0.39 is 0 Å². The lowest BCUT2D eigenvalue weighted by Gasteiger charge is -2.06. The van der Waals surface area contributed by atoms with E-state index in [0.29, 0.717) is 0 Å². The standard InChI is InChI=1S/C15H16FN3S/c1-2-19-9-10(8-18-19)5-13(17)15-6-11-3-4-12(16)7-14(11)20-15/h3-4,6-9,13H,2,5,17H2,1H3. The Labute approximate surface area is 120 Å². The monoisotopic (exact) mass is 289 g/mol. The quantitative estimate of drug-likeness (QED) is 0.799. The number of hydrogen-bond donors (Lipinski definition) is 1. The smallest absolute Gasteiger partial charge is 0.124 e. The van der Waals surface area contributed by atoms with Crippen LogP contribution in [0.3, 0.4) is 0 Å². The minimum absolute atomic E-state index is 0.0787. The molecule has 0 saturated carbocycles. The Balaban J connectivity index is 1.82. The lowest BCUT2D eigenvalue weighted by atomic mass is 10.1. The summed E-state index contributed by atoms with van der Waals surface area (Å²) in [5.41, 5.74) is 7.39. The van der Waals surface area contributed by atoms with E-state index in [1.54, 1.807) is 23.5 Å². The lowest BCUT2D eigenvalue weighted by molar-refractivity contribution is 0.630. The molecule has 1 unspecified atom stereocenters. The van der Waals surface area contributed by atoms with Crippen LogP contribution in [0.4, 0.5) is 4.39 Å². The Morgan fingerprint density at radius 3 is 3.00 bits per heavy atom. The van der Waals surface area contributed by atoms with E-state index in [0.717, 1.165) is 33.5 Å². The minimum atomic E-state index is -0.205. The molecule has 104 valence electrons. The molecule has 0 amide bonds. The normalized spacial score (nSPS) is 12.9. The van der Waals surface area contributed by atoms with Crippen molar-refractivity contribution < 1.29 is 4.39 Å². The highest BCUT2D eigenvalue weighted by molar-refractivity contribution is 7.19. The summed E-state index contributed by atoms with van der Waals surface area (Å²) in [6.45, 7) is 2.91. The zero-order chi connectivity index (χ0) is 14.1. The number of fused-ring (bicyclic) bond motifs is 1. The molecule has 3 nitrogen and oxygen atoms in total. The fourth-order valence-electron chi connectivity index (χ4n) is 2.25. The second-order valence-corrected chi connectivity index (χ2v) is 5.96. The maximum atomic E-state index is 13.2. The number of aromatic nitrogens is 2. The molecule has 0 radical (unpaired) electrons. The van der Waals surface area contributed by atoms with Crippen molar-refractivity contribution in [2.24, 2.45) is 5.73 Å². The highest BCUT2D eigenvalue weighted by atomic mass is 32.1. The average molecular weight is 289 g/mol. The van der Waals surface area contributed by atoms with Gasteiger partial charge in [-0.2, -0.15) is 5.10 Å². The number of nitrogens with two attached hydrogens (primary N) is 1. The molecular formula is C15H16FN3S. The average Bonchev–Trinajstić information content (AvgIpc) is 3.04. The van der Waals surface area contributed by atoms with Gasteiger partial charge in [0, 0.05) is 28.4 Å². The Kier molecular flexibility index (Phi) is 3.54. The predicted octanol–water partition coefficient (Wildman–Crippen LogP) is 3.50. The molecule has 1 atom stereocenters. The molecule has 3 rings (SSSR count). The first-order chi connectivity index (χ1) is 9.65. The Hall–Kier alpha value is -1.72. The van der Waals surface area contributed by atoms with Crippen molar-refractivity contribution in [3.63, 3.8) is 0 Å². The van der Waals surface area contributed by atoms with Crippen LogP contribution in [-0.2, 0) is 13.0 Å². The highest BCUT2D eigenvalue weighted by Crippen LogP contribution is 2.30. The number of nitrogens with zero attached hydrogens (tertiary/aromatic N) is 2. The second-order valence-electron chi connectivity index (χ2n) is 4.85. The van der Waals surface area contributed by atoms with E-state index in [1.807, 2.05) is 23.1 Å². The molecule has 0 aliphatic carbocycles. The minimum Gasteiger partial charge on any atom is -0.323 e. The van der Waals surface area contributed by atoms with Gasteiger partial charge < -0.3 is 5.73 Å². The molecule has 5 heteroatoms. The summed E-state index contributed by atoms with van der Waals surface area (Å²) >= 11 is 1.56. The number of benzene rings is 1. The third kappa shape index (κ3) is 2.59. The molecule has 2 N–H and O–H groups in total. The molecule has 20 heavy (non-hydrogen) atoms. The SMILES string of the molecule is CCn1cc(CC(N)c2cc3ccc(F)cc3s2)cn1. The number of hydrogen-bond acceptors (Lipinski definition) is 3. The van der Waals surface area contributed by atoms with Crippen LogP contribution in [-0.4, -0.2) is 9.78 Å². The van der Waals surface area contributed by atoms with E-state index >= 15 is 0 Å². The number of aryl methyl sites for hydroxylation is 1. The lowest BCUT2D eigenvalue weighted by Crippen LogP contribution is -2.11. The summed E-state index contributed by atoms with van der Waals surface area (Å²) in [6, 6.07) is 6.81. The van der Waals surface area contributed by atoms with Gasteiger partial charge in [0.25, 0.3) is 0 Å². The van der Waals surface area contributed by atoms with Crippen LogP contribution in [0.25, 0.3) is 10.1 Å². The van der Waals surface area contributed by atoms with Gasteiger partial charge in [0.15, 0.2) is 0 Å². The van der Waals surface area contributed by atoms with Crippen molar-refractivity contribution in [3.8, 4) is 0 Å².